The second-order valence-corrected chi connectivity index (χ2v) is 5.46. The first-order chi connectivity index (χ1) is 8.05. The van der Waals surface area contributed by atoms with Crippen LogP contribution in [0.15, 0.2) is 0 Å². The molecular formula is C15H31NO. The number of hydrogen-bond donors (Lipinski definition) is 0. The van der Waals surface area contributed by atoms with Crippen LogP contribution in [0.4, 0.5) is 0 Å². The van der Waals surface area contributed by atoms with E-state index in [0.717, 1.165) is 25.9 Å². The minimum Gasteiger partial charge on any atom is -0.303 e. The Bertz CT molecular complexity index is 197. The highest BCUT2D eigenvalue weighted by molar-refractivity contribution is 5.59. The van der Waals surface area contributed by atoms with E-state index in [1.165, 1.54) is 25.5 Å². The van der Waals surface area contributed by atoms with Gasteiger partial charge in [-0.25, -0.2) is 0 Å². The van der Waals surface area contributed by atoms with E-state index in [1.807, 2.05) is 0 Å². The third-order valence-corrected chi connectivity index (χ3v) is 3.96. The SMILES string of the molecule is CCCCCN(CC(C=O)(CC)CC)C(C)C. The summed E-state index contributed by atoms with van der Waals surface area (Å²) in [7, 11) is 0. The van der Waals surface area contributed by atoms with E-state index in [2.05, 4.69) is 39.5 Å². The van der Waals surface area contributed by atoms with E-state index in [4.69, 9.17) is 0 Å². The van der Waals surface area contributed by atoms with Gasteiger partial charge in [-0.05, 0) is 39.7 Å². The molecule has 0 aliphatic carbocycles. The fourth-order valence-corrected chi connectivity index (χ4v) is 2.17. The van der Waals surface area contributed by atoms with Gasteiger partial charge in [-0.15, -0.1) is 0 Å². The molecule has 0 spiro atoms. The molecular weight excluding hydrogens is 210 g/mol. The lowest BCUT2D eigenvalue weighted by atomic mass is 9.83. The lowest BCUT2D eigenvalue weighted by molar-refractivity contribution is -0.118. The van der Waals surface area contributed by atoms with Crippen LogP contribution in [0.1, 0.15) is 66.7 Å². The molecule has 0 bridgehead atoms. The molecule has 0 heterocycles. The Morgan fingerprint density at radius 1 is 1.12 bits per heavy atom. The first kappa shape index (κ1) is 16.6. The van der Waals surface area contributed by atoms with Gasteiger partial charge in [0.25, 0.3) is 0 Å². The Morgan fingerprint density at radius 2 is 1.71 bits per heavy atom. The summed E-state index contributed by atoms with van der Waals surface area (Å²) in [4.78, 5) is 13.8. The summed E-state index contributed by atoms with van der Waals surface area (Å²) in [6.45, 7) is 13.0. The zero-order valence-corrected chi connectivity index (χ0v) is 12.5. The van der Waals surface area contributed by atoms with Gasteiger partial charge < -0.3 is 4.79 Å². The third-order valence-electron chi connectivity index (χ3n) is 3.96. The van der Waals surface area contributed by atoms with Crippen LogP contribution in [0, 0.1) is 5.41 Å². The van der Waals surface area contributed by atoms with Crippen molar-refractivity contribution in [3.05, 3.63) is 0 Å². The van der Waals surface area contributed by atoms with E-state index in [0.29, 0.717) is 6.04 Å². The molecule has 2 nitrogen and oxygen atoms in total. The van der Waals surface area contributed by atoms with Crippen LogP contribution >= 0.6 is 0 Å². The zero-order valence-electron chi connectivity index (χ0n) is 12.5. The van der Waals surface area contributed by atoms with Gasteiger partial charge in [0.05, 0.1) is 0 Å². The average Bonchev–Trinajstić information content (AvgIpc) is 2.34. The van der Waals surface area contributed by atoms with E-state index < -0.39 is 0 Å². The molecule has 0 rings (SSSR count). The van der Waals surface area contributed by atoms with Gasteiger partial charge in [0.1, 0.15) is 6.29 Å². The largest absolute Gasteiger partial charge is 0.303 e. The number of hydrogen-bond acceptors (Lipinski definition) is 2. The molecule has 0 N–H and O–H groups in total. The van der Waals surface area contributed by atoms with Crippen molar-refractivity contribution in [2.24, 2.45) is 5.41 Å². The number of carbonyl (C=O) groups is 1. The second-order valence-electron chi connectivity index (χ2n) is 5.46. The maximum Gasteiger partial charge on any atom is 0.127 e. The number of aldehydes is 1. The van der Waals surface area contributed by atoms with Crippen LogP contribution in [0.5, 0.6) is 0 Å². The van der Waals surface area contributed by atoms with Gasteiger partial charge >= 0.3 is 0 Å². The molecule has 0 saturated carbocycles. The summed E-state index contributed by atoms with van der Waals surface area (Å²) in [5.41, 5.74) is -0.128. The predicted molar refractivity (Wildman–Crippen MR) is 75.3 cm³/mol. The van der Waals surface area contributed by atoms with Gasteiger partial charge in [0.15, 0.2) is 0 Å². The van der Waals surface area contributed by atoms with Gasteiger partial charge in [-0.3, -0.25) is 4.90 Å². The molecule has 0 unspecified atom stereocenters. The average molecular weight is 241 g/mol. The summed E-state index contributed by atoms with van der Waals surface area (Å²) < 4.78 is 0. The van der Waals surface area contributed by atoms with Gasteiger partial charge in [-0.2, -0.15) is 0 Å². The highest BCUT2D eigenvalue weighted by atomic mass is 16.1. The first-order valence-electron chi connectivity index (χ1n) is 7.25. The molecule has 17 heavy (non-hydrogen) atoms. The third kappa shape index (κ3) is 5.67. The Labute approximate surface area is 108 Å². The van der Waals surface area contributed by atoms with Crippen molar-refractivity contribution in [2.75, 3.05) is 13.1 Å². The van der Waals surface area contributed by atoms with Crippen LogP contribution in [0.3, 0.4) is 0 Å². The van der Waals surface area contributed by atoms with Crippen molar-refractivity contribution in [1.29, 1.82) is 0 Å². The zero-order chi connectivity index (χ0) is 13.3. The quantitative estimate of drug-likeness (QED) is 0.427. The van der Waals surface area contributed by atoms with Crippen LogP contribution in [-0.4, -0.2) is 30.3 Å². The summed E-state index contributed by atoms with van der Waals surface area (Å²) in [5, 5.41) is 0. The van der Waals surface area contributed by atoms with E-state index in [1.54, 1.807) is 0 Å². The van der Waals surface area contributed by atoms with E-state index >= 15 is 0 Å². The maximum atomic E-state index is 11.4. The molecule has 102 valence electrons. The van der Waals surface area contributed by atoms with Crippen LogP contribution in [0.2, 0.25) is 0 Å². The molecule has 0 amide bonds. The summed E-state index contributed by atoms with van der Waals surface area (Å²) >= 11 is 0. The van der Waals surface area contributed by atoms with Gasteiger partial charge in [0, 0.05) is 18.0 Å². The van der Waals surface area contributed by atoms with Crippen molar-refractivity contribution < 1.29 is 4.79 Å². The van der Waals surface area contributed by atoms with Gasteiger partial charge in [0.2, 0.25) is 0 Å². The highest BCUT2D eigenvalue weighted by Crippen LogP contribution is 2.26. The monoisotopic (exact) mass is 241 g/mol. The van der Waals surface area contributed by atoms with Crippen molar-refractivity contribution in [2.45, 2.75) is 72.8 Å². The minimum absolute atomic E-state index is 0.128. The Morgan fingerprint density at radius 3 is 2.06 bits per heavy atom. The number of nitrogens with zero attached hydrogens (tertiary/aromatic N) is 1. The standard InChI is InChI=1S/C15H31NO/c1-6-9-10-11-16(14(4)5)12-15(7-2,8-3)13-17/h13-14H,6-12H2,1-5H3. The Kier molecular flexibility index (Phi) is 8.49. The van der Waals surface area contributed by atoms with E-state index in [-0.39, 0.29) is 5.41 Å². The first-order valence-corrected chi connectivity index (χ1v) is 7.25. The summed E-state index contributed by atoms with van der Waals surface area (Å²) in [5.74, 6) is 0. The second kappa shape index (κ2) is 8.68. The fraction of sp³-hybridized carbons (Fsp3) is 0.933. The molecule has 0 aliphatic rings. The topological polar surface area (TPSA) is 20.3 Å². The van der Waals surface area contributed by atoms with Crippen molar-refractivity contribution in [1.82, 2.24) is 4.90 Å². The molecule has 0 aromatic heterocycles. The van der Waals surface area contributed by atoms with Gasteiger partial charge in [-0.1, -0.05) is 33.6 Å². The molecule has 0 aromatic rings. The predicted octanol–water partition coefficient (Wildman–Crippen LogP) is 3.89. The molecule has 0 aliphatic heterocycles. The number of carbonyl (C=O) groups excluding carboxylic acids is 1. The van der Waals surface area contributed by atoms with Crippen molar-refractivity contribution in [3.8, 4) is 0 Å². The lowest BCUT2D eigenvalue weighted by Crippen LogP contribution is -2.42. The molecule has 0 radical (unpaired) electrons. The normalized spacial score (nSPS) is 12.4. The summed E-state index contributed by atoms with van der Waals surface area (Å²) in [6.07, 6.45) is 6.87. The molecule has 0 saturated heterocycles. The smallest absolute Gasteiger partial charge is 0.127 e. The fourth-order valence-electron chi connectivity index (χ4n) is 2.17. The Hall–Kier alpha value is -0.370. The molecule has 0 atom stereocenters. The number of unbranched alkanes of at least 4 members (excludes halogenated alkanes) is 2. The number of rotatable bonds is 10. The molecule has 0 aromatic carbocycles. The van der Waals surface area contributed by atoms with Crippen molar-refractivity contribution >= 4 is 6.29 Å². The molecule has 0 fully saturated rings. The van der Waals surface area contributed by atoms with Crippen LogP contribution in [-0.2, 0) is 4.79 Å². The minimum atomic E-state index is -0.128. The van der Waals surface area contributed by atoms with Crippen molar-refractivity contribution in [3.63, 3.8) is 0 Å². The van der Waals surface area contributed by atoms with Crippen LogP contribution < -0.4 is 0 Å². The molecule has 2 heteroatoms. The highest BCUT2D eigenvalue weighted by Gasteiger charge is 2.28. The lowest BCUT2D eigenvalue weighted by Gasteiger charge is -2.35. The maximum absolute atomic E-state index is 11.4. The Balaban J connectivity index is 4.44. The summed E-state index contributed by atoms with van der Waals surface area (Å²) in [6, 6.07) is 0.532. The van der Waals surface area contributed by atoms with Crippen LogP contribution in [0.25, 0.3) is 0 Å². The van der Waals surface area contributed by atoms with E-state index in [9.17, 15) is 4.79 Å².